The van der Waals surface area contributed by atoms with Crippen LogP contribution in [0.5, 0.6) is 0 Å². The first-order chi connectivity index (χ1) is 23.6. The largest absolute Gasteiger partial charge is 0.348 e. The number of fused-ring (bicyclic) bond motifs is 1. The second kappa shape index (κ2) is 16.0. The predicted molar refractivity (Wildman–Crippen MR) is 207 cm³/mol. The fraction of sp³-hybridized carbons (Fsp3) is 0.289. The van der Waals surface area contributed by atoms with Crippen LogP contribution in [0.1, 0.15) is 97.0 Å². The Labute approximate surface area is 292 Å². The number of ketones is 1. The van der Waals surface area contributed by atoms with Crippen LogP contribution in [-0.4, -0.2) is 16.3 Å². The van der Waals surface area contributed by atoms with E-state index in [1.807, 2.05) is 48.5 Å². The molecule has 0 bridgehead atoms. The van der Waals surface area contributed by atoms with Gasteiger partial charge < -0.3 is 9.88 Å². The maximum Gasteiger partial charge on any atom is 0.251 e. The van der Waals surface area contributed by atoms with Gasteiger partial charge in [-0.2, -0.15) is 0 Å². The van der Waals surface area contributed by atoms with Crippen LogP contribution in [0.25, 0.3) is 28.2 Å². The van der Waals surface area contributed by atoms with E-state index in [1.54, 1.807) is 13.0 Å². The zero-order valence-corrected chi connectivity index (χ0v) is 29.9. The van der Waals surface area contributed by atoms with Crippen molar-refractivity contribution in [2.75, 3.05) is 0 Å². The molecule has 1 aliphatic rings. The number of carbonyl (C=O) groups is 2. The molecule has 4 aromatic rings. The van der Waals surface area contributed by atoms with Crippen LogP contribution in [0, 0.1) is 13.8 Å². The highest BCUT2D eigenvalue weighted by molar-refractivity contribution is 6.01. The molecule has 0 aliphatic heterocycles. The molecule has 1 heterocycles. The summed E-state index contributed by atoms with van der Waals surface area (Å²) in [6.45, 7) is 19.0. The number of benzene rings is 3. The fourth-order valence-corrected chi connectivity index (χ4v) is 7.24. The van der Waals surface area contributed by atoms with E-state index in [9.17, 15) is 9.59 Å². The summed E-state index contributed by atoms with van der Waals surface area (Å²) in [5, 5.41) is 4.22. The molecule has 0 atom stereocenters. The van der Waals surface area contributed by atoms with Crippen molar-refractivity contribution in [1.82, 2.24) is 9.88 Å². The molecule has 4 nitrogen and oxygen atoms in total. The Morgan fingerprint density at radius 1 is 0.959 bits per heavy atom. The maximum atomic E-state index is 13.4. The summed E-state index contributed by atoms with van der Waals surface area (Å²) in [5.74, 6) is 0.341. The van der Waals surface area contributed by atoms with Crippen LogP contribution in [0.15, 0.2) is 115 Å². The first-order valence-electron chi connectivity index (χ1n) is 17.5. The number of aromatic nitrogens is 1. The number of hydrogen-bond acceptors (Lipinski definition) is 2. The minimum Gasteiger partial charge on any atom is -0.348 e. The maximum absolute atomic E-state index is 13.4. The molecule has 1 aliphatic carbocycles. The summed E-state index contributed by atoms with van der Waals surface area (Å²) in [6.07, 6.45) is 16.1. The van der Waals surface area contributed by atoms with Gasteiger partial charge in [0.15, 0.2) is 0 Å². The number of carbonyl (C=O) groups excluding carboxylic acids is 2. The van der Waals surface area contributed by atoms with Gasteiger partial charge in [0.1, 0.15) is 5.78 Å². The number of rotatable bonds is 12. The van der Waals surface area contributed by atoms with Gasteiger partial charge in [-0.25, -0.2) is 0 Å². The lowest BCUT2D eigenvalue weighted by atomic mass is 9.81. The molecule has 0 radical (unpaired) electrons. The summed E-state index contributed by atoms with van der Waals surface area (Å²) >= 11 is 0. The second-order valence-corrected chi connectivity index (χ2v) is 13.6. The van der Waals surface area contributed by atoms with Crippen LogP contribution < -0.4 is 5.32 Å². The normalized spacial score (nSPS) is 14.4. The molecule has 49 heavy (non-hydrogen) atoms. The smallest absolute Gasteiger partial charge is 0.251 e. The number of aryl methyl sites for hydroxylation is 1. The van der Waals surface area contributed by atoms with Crippen molar-refractivity contribution in [2.45, 2.75) is 85.7 Å². The molecule has 0 saturated heterocycles. The third-order valence-electron chi connectivity index (χ3n) is 9.83. The average Bonchev–Trinajstić information content (AvgIpc) is 3.40. The minimum atomic E-state index is -0.124. The Kier molecular flexibility index (Phi) is 11.5. The van der Waals surface area contributed by atoms with E-state index in [-0.39, 0.29) is 18.2 Å². The van der Waals surface area contributed by atoms with Gasteiger partial charge in [-0.05, 0) is 104 Å². The molecule has 0 spiro atoms. The van der Waals surface area contributed by atoms with Crippen molar-refractivity contribution in [1.29, 1.82) is 0 Å². The topological polar surface area (TPSA) is 51.1 Å². The van der Waals surface area contributed by atoms with E-state index in [2.05, 4.69) is 87.2 Å². The van der Waals surface area contributed by atoms with Crippen LogP contribution in [0.3, 0.4) is 0 Å². The van der Waals surface area contributed by atoms with Crippen molar-refractivity contribution >= 4 is 28.7 Å². The molecule has 0 unspecified atom stereocenters. The first-order valence-corrected chi connectivity index (χ1v) is 17.5. The van der Waals surface area contributed by atoms with E-state index < -0.39 is 0 Å². The number of hydrogen-bond donors (Lipinski definition) is 1. The van der Waals surface area contributed by atoms with Gasteiger partial charge >= 0.3 is 0 Å². The quantitative estimate of drug-likeness (QED) is 0.155. The fourth-order valence-electron chi connectivity index (χ4n) is 7.24. The molecule has 1 amide bonds. The lowest BCUT2D eigenvalue weighted by molar-refractivity contribution is -0.117. The number of nitrogens with zero attached hydrogens (tertiary/aromatic N) is 1. The summed E-state index contributed by atoms with van der Waals surface area (Å²) in [4.78, 5) is 26.4. The molecule has 5 rings (SSSR count). The molecule has 1 aromatic heterocycles. The Hall–Kier alpha value is -4.96. The number of Topliss-reactive ketones (excluding diaryl/α,β-unsaturated/α-hetero) is 1. The number of nitrogens with one attached hydrogen (secondary N) is 1. The Morgan fingerprint density at radius 2 is 1.69 bits per heavy atom. The molecule has 1 N–H and O–H groups in total. The molecular weight excluding hydrogens is 601 g/mol. The number of amides is 1. The number of allylic oxidation sites excluding steroid dienone is 7. The Bertz CT molecular complexity index is 1980. The van der Waals surface area contributed by atoms with E-state index in [1.165, 1.54) is 36.0 Å². The standard InChI is InChI=1S/C45H50N2O2/c1-8-15-30(2)26-33(5)31(3)20-23-39-32(4)21-24-40(35(39)7)44-43(37-18-13-10-14-19-37)41-25-22-38(27-42(41)47(44)29-34(6)48)45(49)46-28-36-16-11-9-12-17-36/h8-9,11-12,15-17,20-27,37H,1,3,10,13-14,18-19,28-29H2,2,4-7H3,(H,46,49)/b23-20-,30-15-,33-26+. The van der Waals surface area contributed by atoms with E-state index >= 15 is 0 Å². The lowest BCUT2D eigenvalue weighted by Gasteiger charge is -2.24. The van der Waals surface area contributed by atoms with Crippen molar-refractivity contribution < 1.29 is 9.59 Å². The van der Waals surface area contributed by atoms with Crippen LogP contribution in [0.4, 0.5) is 0 Å². The Balaban J connectivity index is 1.64. The van der Waals surface area contributed by atoms with Gasteiger partial charge in [0.2, 0.25) is 0 Å². The second-order valence-electron chi connectivity index (χ2n) is 13.6. The van der Waals surface area contributed by atoms with Crippen molar-refractivity contribution in [2.24, 2.45) is 0 Å². The van der Waals surface area contributed by atoms with Crippen molar-refractivity contribution in [3.05, 3.63) is 148 Å². The molecule has 252 valence electrons. The Morgan fingerprint density at radius 3 is 2.39 bits per heavy atom. The molecule has 4 heteroatoms. The van der Waals surface area contributed by atoms with Gasteiger partial charge in [-0.15, -0.1) is 0 Å². The SMILES string of the molecule is C=C/C=C(C)\C=C(/C)C(=C)/C=C\c1c(C)ccc(-c2c(C3CCCCC3)c3ccc(C(=O)NCc4ccccc4)cc3n2CC(C)=O)c1C. The highest BCUT2D eigenvalue weighted by Crippen LogP contribution is 2.45. The van der Waals surface area contributed by atoms with E-state index in [0.29, 0.717) is 18.0 Å². The zero-order valence-electron chi connectivity index (χ0n) is 29.9. The van der Waals surface area contributed by atoms with Gasteiger partial charge in [-0.3, -0.25) is 9.59 Å². The third kappa shape index (κ3) is 8.20. The van der Waals surface area contributed by atoms with Gasteiger partial charge in [0, 0.05) is 28.6 Å². The van der Waals surface area contributed by atoms with Crippen molar-refractivity contribution in [3.8, 4) is 11.3 Å². The lowest BCUT2D eigenvalue weighted by Crippen LogP contribution is -2.22. The minimum absolute atomic E-state index is 0.0801. The van der Waals surface area contributed by atoms with E-state index in [4.69, 9.17) is 0 Å². The summed E-state index contributed by atoms with van der Waals surface area (Å²) in [7, 11) is 0. The van der Waals surface area contributed by atoms with Gasteiger partial charge in [-0.1, -0.05) is 117 Å². The predicted octanol–water partition coefficient (Wildman–Crippen LogP) is 11.1. The van der Waals surface area contributed by atoms with Crippen LogP contribution in [0.2, 0.25) is 0 Å². The van der Waals surface area contributed by atoms with Gasteiger partial charge in [0.25, 0.3) is 5.91 Å². The molecule has 1 fully saturated rings. The highest BCUT2D eigenvalue weighted by atomic mass is 16.1. The highest BCUT2D eigenvalue weighted by Gasteiger charge is 2.28. The molecular formula is C45H50N2O2. The zero-order chi connectivity index (χ0) is 35.1. The summed E-state index contributed by atoms with van der Waals surface area (Å²) in [5.41, 5.74) is 12.8. The molecule has 3 aromatic carbocycles. The van der Waals surface area contributed by atoms with Gasteiger partial charge in [0.05, 0.1) is 12.2 Å². The van der Waals surface area contributed by atoms with Crippen molar-refractivity contribution in [3.63, 3.8) is 0 Å². The average molecular weight is 651 g/mol. The summed E-state index contributed by atoms with van der Waals surface area (Å²) < 4.78 is 2.18. The van der Waals surface area contributed by atoms with Crippen LogP contribution in [-0.2, 0) is 17.9 Å². The third-order valence-corrected chi connectivity index (χ3v) is 9.83. The summed E-state index contributed by atoms with van der Waals surface area (Å²) in [6, 6.07) is 20.4. The van der Waals surface area contributed by atoms with Crippen LogP contribution >= 0.6 is 0 Å². The first kappa shape index (κ1) is 35.3. The molecule has 1 saturated carbocycles. The van der Waals surface area contributed by atoms with E-state index in [0.717, 1.165) is 62.8 Å². The monoisotopic (exact) mass is 650 g/mol.